The highest BCUT2D eigenvalue weighted by Crippen LogP contribution is 2.24. The van der Waals surface area contributed by atoms with E-state index in [-0.39, 0.29) is 17.1 Å². The molecule has 0 N–H and O–H groups in total. The molecule has 2 rings (SSSR count). The number of esters is 1. The molecule has 8 nitrogen and oxygen atoms in total. The largest absolute Gasteiger partial charge is 0.452 e. The summed E-state index contributed by atoms with van der Waals surface area (Å²) in [6.45, 7) is -0.906. The first kappa shape index (κ1) is 18.9. The summed E-state index contributed by atoms with van der Waals surface area (Å²) in [4.78, 5) is 35.8. The Morgan fingerprint density at radius 1 is 1.23 bits per heavy atom. The molecule has 0 aliphatic carbocycles. The maximum Gasteiger partial charge on any atom is 0.345 e. The van der Waals surface area contributed by atoms with Gasteiger partial charge in [0.1, 0.15) is 12.1 Å². The zero-order chi connectivity index (χ0) is 19.1. The molecule has 0 unspecified atom stereocenters. The smallest absolute Gasteiger partial charge is 0.345 e. The molecule has 1 amide bonds. The fourth-order valence-electron chi connectivity index (χ4n) is 2.11. The van der Waals surface area contributed by atoms with Crippen molar-refractivity contribution in [3.05, 3.63) is 69.2 Å². The number of anilines is 1. The van der Waals surface area contributed by atoms with Gasteiger partial charge in [-0.05, 0) is 24.3 Å². The molecule has 0 bridgehead atoms. The van der Waals surface area contributed by atoms with Crippen LogP contribution in [0.1, 0.15) is 10.4 Å². The number of nitro groups is 1. The minimum atomic E-state index is -1.04. The van der Waals surface area contributed by atoms with E-state index in [1.54, 1.807) is 30.3 Å². The SMILES string of the molecule is N#CCN(C(=O)COC(=O)c1ccc(Cl)cc1[N+](=O)[O-])c1ccccc1. The van der Waals surface area contributed by atoms with Gasteiger partial charge in [0.25, 0.3) is 11.6 Å². The molecule has 0 heterocycles. The molecule has 9 heteroatoms. The fraction of sp³-hybridized carbons (Fsp3) is 0.118. The zero-order valence-electron chi connectivity index (χ0n) is 13.3. The van der Waals surface area contributed by atoms with Gasteiger partial charge in [0.2, 0.25) is 0 Å². The lowest BCUT2D eigenvalue weighted by Gasteiger charge is -2.19. The van der Waals surface area contributed by atoms with Gasteiger partial charge in [0, 0.05) is 16.8 Å². The van der Waals surface area contributed by atoms with E-state index in [0.29, 0.717) is 5.69 Å². The number of nitrogens with zero attached hydrogens (tertiary/aromatic N) is 3. The van der Waals surface area contributed by atoms with Crippen molar-refractivity contribution in [1.82, 2.24) is 0 Å². The van der Waals surface area contributed by atoms with E-state index in [4.69, 9.17) is 21.6 Å². The maximum absolute atomic E-state index is 12.3. The summed E-state index contributed by atoms with van der Waals surface area (Å²) in [6, 6.07) is 13.7. The molecule has 0 fully saturated rings. The van der Waals surface area contributed by atoms with E-state index in [2.05, 4.69) is 0 Å². The Kier molecular flexibility index (Phi) is 6.25. The minimum Gasteiger partial charge on any atom is -0.452 e. The Balaban J connectivity index is 2.12. The van der Waals surface area contributed by atoms with Crippen molar-refractivity contribution in [2.75, 3.05) is 18.1 Å². The third-order valence-electron chi connectivity index (χ3n) is 3.30. The number of nitro benzene ring substituents is 1. The Morgan fingerprint density at radius 2 is 1.92 bits per heavy atom. The summed E-state index contributed by atoms with van der Waals surface area (Å²) < 4.78 is 4.88. The number of para-hydroxylation sites is 1. The van der Waals surface area contributed by atoms with Gasteiger partial charge in [-0.25, -0.2) is 4.79 Å². The van der Waals surface area contributed by atoms with Crippen molar-refractivity contribution in [1.29, 1.82) is 5.26 Å². The van der Waals surface area contributed by atoms with Crippen molar-refractivity contribution in [3.8, 4) is 6.07 Å². The van der Waals surface area contributed by atoms with Crippen molar-refractivity contribution in [2.45, 2.75) is 0 Å². The molecule has 0 saturated carbocycles. The zero-order valence-corrected chi connectivity index (χ0v) is 14.0. The molecule has 0 atom stereocenters. The average molecular weight is 374 g/mol. The molecular weight excluding hydrogens is 362 g/mol. The van der Waals surface area contributed by atoms with Gasteiger partial charge in [-0.2, -0.15) is 5.26 Å². The van der Waals surface area contributed by atoms with Crippen LogP contribution >= 0.6 is 11.6 Å². The normalized spacial score (nSPS) is 9.85. The van der Waals surface area contributed by atoms with Gasteiger partial charge in [-0.1, -0.05) is 29.8 Å². The van der Waals surface area contributed by atoms with Crippen LogP contribution < -0.4 is 4.90 Å². The second-order valence-corrected chi connectivity index (χ2v) is 5.40. The fourth-order valence-corrected chi connectivity index (χ4v) is 2.28. The van der Waals surface area contributed by atoms with Crippen LogP contribution in [0.25, 0.3) is 0 Å². The first-order chi connectivity index (χ1) is 12.4. The molecule has 0 aliphatic rings. The lowest BCUT2D eigenvalue weighted by molar-refractivity contribution is -0.385. The number of amides is 1. The molecular formula is C17H12ClN3O5. The monoisotopic (exact) mass is 373 g/mol. The number of hydrogen-bond donors (Lipinski definition) is 0. The second-order valence-electron chi connectivity index (χ2n) is 4.97. The van der Waals surface area contributed by atoms with Crippen LogP contribution in [-0.2, 0) is 9.53 Å². The summed E-state index contributed by atoms with van der Waals surface area (Å²) in [7, 11) is 0. The number of halogens is 1. The first-order valence-electron chi connectivity index (χ1n) is 7.27. The molecule has 132 valence electrons. The Hall–Kier alpha value is -3.44. The Morgan fingerprint density at radius 3 is 2.54 bits per heavy atom. The quantitative estimate of drug-likeness (QED) is 0.333. The summed E-state index contributed by atoms with van der Waals surface area (Å²) >= 11 is 5.69. The standard InChI is InChI=1S/C17H12ClN3O5/c18-12-6-7-14(15(10-12)21(24)25)17(23)26-11-16(22)20(9-8-19)13-4-2-1-3-5-13/h1-7,10H,9,11H2. The van der Waals surface area contributed by atoms with Gasteiger partial charge in [0.05, 0.1) is 11.0 Å². The van der Waals surface area contributed by atoms with Gasteiger partial charge in [-0.3, -0.25) is 19.8 Å². The van der Waals surface area contributed by atoms with E-state index < -0.39 is 29.1 Å². The molecule has 2 aromatic rings. The Labute approximate surface area is 153 Å². The predicted octanol–water partition coefficient (Wildman–Crippen LogP) is 2.96. The number of rotatable bonds is 6. The number of ether oxygens (including phenoxy) is 1. The highest BCUT2D eigenvalue weighted by Gasteiger charge is 2.24. The van der Waals surface area contributed by atoms with Crippen molar-refractivity contribution >= 4 is 34.9 Å². The van der Waals surface area contributed by atoms with Crippen LogP contribution in [0, 0.1) is 21.4 Å². The van der Waals surface area contributed by atoms with Gasteiger partial charge >= 0.3 is 5.97 Å². The van der Waals surface area contributed by atoms with E-state index >= 15 is 0 Å². The van der Waals surface area contributed by atoms with E-state index in [1.807, 2.05) is 6.07 Å². The van der Waals surface area contributed by atoms with Crippen LogP contribution in [0.4, 0.5) is 11.4 Å². The number of carbonyl (C=O) groups is 2. The topological polar surface area (TPSA) is 114 Å². The molecule has 26 heavy (non-hydrogen) atoms. The lowest BCUT2D eigenvalue weighted by atomic mass is 10.2. The third-order valence-corrected chi connectivity index (χ3v) is 3.54. The molecule has 0 radical (unpaired) electrons. The number of carbonyl (C=O) groups excluding carboxylic acids is 2. The van der Waals surface area contributed by atoms with Crippen LogP contribution in [-0.4, -0.2) is 30.0 Å². The highest BCUT2D eigenvalue weighted by atomic mass is 35.5. The number of nitriles is 1. The predicted molar refractivity (Wildman–Crippen MR) is 92.8 cm³/mol. The Bertz CT molecular complexity index is 880. The lowest BCUT2D eigenvalue weighted by Crippen LogP contribution is -2.35. The number of benzene rings is 2. The second kappa shape index (κ2) is 8.60. The van der Waals surface area contributed by atoms with Crippen molar-refractivity contribution in [3.63, 3.8) is 0 Å². The number of hydrogen-bond acceptors (Lipinski definition) is 6. The van der Waals surface area contributed by atoms with Gasteiger partial charge in [0.15, 0.2) is 6.61 Å². The third kappa shape index (κ3) is 4.55. The summed E-state index contributed by atoms with van der Waals surface area (Å²) in [5.41, 5.74) is -0.377. The highest BCUT2D eigenvalue weighted by molar-refractivity contribution is 6.31. The van der Waals surface area contributed by atoms with Gasteiger partial charge in [-0.15, -0.1) is 0 Å². The summed E-state index contributed by atoms with van der Waals surface area (Å²) in [5, 5.41) is 20.0. The van der Waals surface area contributed by atoms with E-state index in [0.717, 1.165) is 17.0 Å². The van der Waals surface area contributed by atoms with E-state index in [9.17, 15) is 19.7 Å². The first-order valence-corrected chi connectivity index (χ1v) is 7.65. The molecule has 0 spiro atoms. The van der Waals surface area contributed by atoms with Crippen LogP contribution in [0.15, 0.2) is 48.5 Å². The van der Waals surface area contributed by atoms with Crippen molar-refractivity contribution < 1.29 is 19.2 Å². The molecule has 0 aliphatic heterocycles. The van der Waals surface area contributed by atoms with E-state index in [1.165, 1.54) is 6.07 Å². The van der Waals surface area contributed by atoms with Crippen LogP contribution in [0.5, 0.6) is 0 Å². The van der Waals surface area contributed by atoms with Crippen LogP contribution in [0.2, 0.25) is 5.02 Å². The van der Waals surface area contributed by atoms with Crippen LogP contribution in [0.3, 0.4) is 0 Å². The molecule has 2 aromatic carbocycles. The average Bonchev–Trinajstić information content (AvgIpc) is 2.64. The van der Waals surface area contributed by atoms with Crippen molar-refractivity contribution in [2.24, 2.45) is 0 Å². The summed E-state index contributed by atoms with van der Waals surface area (Å²) in [5.74, 6) is -1.67. The maximum atomic E-state index is 12.3. The molecule has 0 aromatic heterocycles. The minimum absolute atomic E-state index is 0.0913. The summed E-state index contributed by atoms with van der Waals surface area (Å²) in [6.07, 6.45) is 0. The van der Waals surface area contributed by atoms with Gasteiger partial charge < -0.3 is 4.74 Å². The molecule has 0 saturated heterocycles.